The van der Waals surface area contributed by atoms with Crippen molar-refractivity contribution in [3.05, 3.63) is 41.4 Å². The first-order chi connectivity index (χ1) is 5.75. The summed E-state index contributed by atoms with van der Waals surface area (Å²) >= 11 is 5.91. The maximum Gasteiger partial charge on any atom is 0.0480 e. The highest BCUT2D eigenvalue weighted by Crippen LogP contribution is 2.23. The average molecular weight is 183 g/mol. The first-order valence-electron chi connectivity index (χ1n) is 3.79. The van der Waals surface area contributed by atoms with Crippen molar-refractivity contribution in [3.8, 4) is 0 Å². The number of benzene rings is 1. The van der Waals surface area contributed by atoms with Crippen LogP contribution in [-0.2, 0) is 0 Å². The molecule has 0 atom stereocenters. The molecule has 0 aromatic heterocycles. The third kappa shape index (κ3) is 2.10. The van der Waals surface area contributed by atoms with E-state index in [2.05, 4.69) is 6.58 Å². The van der Waals surface area contributed by atoms with E-state index in [0.29, 0.717) is 11.4 Å². The molecule has 0 spiro atoms. The molecule has 1 aromatic carbocycles. The molecule has 1 rings (SSSR count). The molecule has 0 heterocycles. The molecule has 0 unspecified atom stereocenters. The van der Waals surface area contributed by atoms with Crippen LogP contribution in [0.2, 0.25) is 5.02 Å². The minimum absolute atomic E-state index is 0.115. The van der Waals surface area contributed by atoms with E-state index in [4.69, 9.17) is 16.7 Å². The Labute approximate surface area is 77.3 Å². The van der Waals surface area contributed by atoms with Gasteiger partial charge in [-0.1, -0.05) is 36.4 Å². The Morgan fingerprint density at radius 3 is 2.67 bits per heavy atom. The van der Waals surface area contributed by atoms with Crippen molar-refractivity contribution in [2.75, 3.05) is 6.61 Å². The molecule has 64 valence electrons. The van der Waals surface area contributed by atoms with Crippen LogP contribution in [0, 0.1) is 0 Å². The first-order valence-corrected chi connectivity index (χ1v) is 4.17. The zero-order chi connectivity index (χ0) is 8.97. The summed E-state index contributed by atoms with van der Waals surface area (Å²) in [5.41, 5.74) is 1.80. The van der Waals surface area contributed by atoms with E-state index < -0.39 is 0 Å². The van der Waals surface area contributed by atoms with Crippen molar-refractivity contribution in [2.45, 2.75) is 6.42 Å². The first kappa shape index (κ1) is 9.30. The van der Waals surface area contributed by atoms with Crippen LogP contribution in [-0.4, -0.2) is 11.7 Å². The third-order valence-electron chi connectivity index (χ3n) is 1.67. The number of hydrogen-bond donors (Lipinski definition) is 1. The van der Waals surface area contributed by atoms with Crippen LogP contribution in [0.5, 0.6) is 0 Å². The van der Waals surface area contributed by atoms with Crippen molar-refractivity contribution in [3.63, 3.8) is 0 Å². The minimum Gasteiger partial charge on any atom is -0.396 e. The largest absolute Gasteiger partial charge is 0.396 e. The number of halogens is 1. The quantitative estimate of drug-likeness (QED) is 0.762. The Bertz CT molecular complexity index is 281. The molecular weight excluding hydrogens is 172 g/mol. The third-order valence-corrected chi connectivity index (χ3v) is 2.00. The summed E-state index contributed by atoms with van der Waals surface area (Å²) in [6, 6.07) is 7.50. The van der Waals surface area contributed by atoms with E-state index in [1.54, 1.807) is 0 Å². The molecule has 0 saturated carbocycles. The molecule has 12 heavy (non-hydrogen) atoms. The van der Waals surface area contributed by atoms with Crippen molar-refractivity contribution >= 4 is 17.2 Å². The van der Waals surface area contributed by atoms with Crippen LogP contribution in [0.3, 0.4) is 0 Å². The molecule has 0 fully saturated rings. The van der Waals surface area contributed by atoms with Gasteiger partial charge in [0.2, 0.25) is 0 Å². The highest BCUT2D eigenvalue weighted by molar-refractivity contribution is 6.32. The highest BCUT2D eigenvalue weighted by Gasteiger charge is 2.01. The number of rotatable bonds is 3. The summed E-state index contributed by atoms with van der Waals surface area (Å²) in [6.07, 6.45) is 0.573. The van der Waals surface area contributed by atoms with Crippen molar-refractivity contribution in [2.24, 2.45) is 0 Å². The van der Waals surface area contributed by atoms with Gasteiger partial charge in [0.05, 0.1) is 0 Å². The monoisotopic (exact) mass is 182 g/mol. The molecule has 0 aliphatic carbocycles. The van der Waals surface area contributed by atoms with Gasteiger partial charge in [0, 0.05) is 11.6 Å². The zero-order valence-corrected chi connectivity index (χ0v) is 7.51. The lowest BCUT2D eigenvalue weighted by molar-refractivity contribution is 0.305. The van der Waals surface area contributed by atoms with Gasteiger partial charge in [0.15, 0.2) is 0 Å². The molecule has 0 bridgehead atoms. The Morgan fingerprint density at radius 1 is 1.42 bits per heavy atom. The van der Waals surface area contributed by atoms with Crippen LogP contribution in [0.4, 0.5) is 0 Å². The number of aliphatic hydroxyl groups excluding tert-OH is 1. The Morgan fingerprint density at radius 2 is 2.08 bits per heavy atom. The van der Waals surface area contributed by atoms with Crippen LogP contribution in [0.1, 0.15) is 12.0 Å². The lowest BCUT2D eigenvalue weighted by Gasteiger charge is -2.05. The lowest BCUT2D eigenvalue weighted by Crippen LogP contribution is -1.88. The highest BCUT2D eigenvalue weighted by atomic mass is 35.5. The van der Waals surface area contributed by atoms with E-state index in [0.717, 1.165) is 11.1 Å². The fourth-order valence-electron chi connectivity index (χ4n) is 1.02. The predicted octanol–water partition coefficient (Wildman–Crippen LogP) is 2.74. The molecule has 2 heteroatoms. The van der Waals surface area contributed by atoms with Gasteiger partial charge in [-0.2, -0.15) is 0 Å². The minimum atomic E-state index is 0.115. The standard InChI is InChI=1S/C10H11ClO/c1-8(6-7-12)9-4-2-3-5-10(9)11/h2-5,12H,1,6-7H2. The maximum absolute atomic E-state index is 8.68. The average Bonchev–Trinajstić information content (AvgIpc) is 2.05. The van der Waals surface area contributed by atoms with Crippen molar-refractivity contribution < 1.29 is 5.11 Å². The van der Waals surface area contributed by atoms with Gasteiger partial charge in [-0.15, -0.1) is 0 Å². The van der Waals surface area contributed by atoms with E-state index >= 15 is 0 Å². The van der Waals surface area contributed by atoms with Gasteiger partial charge in [-0.25, -0.2) is 0 Å². The Kier molecular flexibility index (Phi) is 3.32. The molecule has 0 amide bonds. The topological polar surface area (TPSA) is 20.2 Å². The Hall–Kier alpha value is -0.790. The van der Waals surface area contributed by atoms with E-state index in [9.17, 15) is 0 Å². The van der Waals surface area contributed by atoms with Gasteiger partial charge >= 0.3 is 0 Å². The maximum atomic E-state index is 8.68. The lowest BCUT2D eigenvalue weighted by atomic mass is 10.1. The summed E-state index contributed by atoms with van der Waals surface area (Å²) in [4.78, 5) is 0. The van der Waals surface area contributed by atoms with Gasteiger partial charge in [0.25, 0.3) is 0 Å². The molecule has 0 radical (unpaired) electrons. The van der Waals surface area contributed by atoms with Gasteiger partial charge in [-0.05, 0) is 23.6 Å². The zero-order valence-electron chi connectivity index (χ0n) is 6.76. The molecular formula is C10H11ClO. The predicted molar refractivity (Wildman–Crippen MR) is 52.2 cm³/mol. The van der Waals surface area contributed by atoms with Crippen molar-refractivity contribution in [1.82, 2.24) is 0 Å². The number of aliphatic hydroxyl groups is 1. The van der Waals surface area contributed by atoms with E-state index in [1.165, 1.54) is 0 Å². The van der Waals surface area contributed by atoms with Gasteiger partial charge in [0.1, 0.15) is 0 Å². The molecule has 1 N–H and O–H groups in total. The van der Waals surface area contributed by atoms with E-state index in [1.807, 2.05) is 24.3 Å². The number of hydrogen-bond acceptors (Lipinski definition) is 1. The van der Waals surface area contributed by atoms with Crippen LogP contribution in [0.25, 0.3) is 5.57 Å². The molecule has 1 aromatic rings. The molecule has 0 aliphatic heterocycles. The second kappa shape index (κ2) is 4.29. The molecule has 1 nitrogen and oxygen atoms in total. The fraction of sp³-hybridized carbons (Fsp3) is 0.200. The SMILES string of the molecule is C=C(CCO)c1ccccc1Cl. The smallest absolute Gasteiger partial charge is 0.0480 e. The Balaban J connectivity index is 2.87. The van der Waals surface area contributed by atoms with Crippen molar-refractivity contribution in [1.29, 1.82) is 0 Å². The molecule has 0 aliphatic rings. The van der Waals surface area contributed by atoms with Crippen LogP contribution >= 0.6 is 11.6 Å². The summed E-state index contributed by atoms with van der Waals surface area (Å²) in [5, 5.41) is 9.38. The summed E-state index contributed by atoms with van der Waals surface area (Å²) in [7, 11) is 0. The van der Waals surface area contributed by atoms with Gasteiger partial charge in [-0.3, -0.25) is 0 Å². The van der Waals surface area contributed by atoms with Gasteiger partial charge < -0.3 is 5.11 Å². The fourth-order valence-corrected chi connectivity index (χ4v) is 1.29. The van der Waals surface area contributed by atoms with Crippen LogP contribution in [0.15, 0.2) is 30.8 Å². The van der Waals surface area contributed by atoms with Crippen LogP contribution < -0.4 is 0 Å². The second-order valence-electron chi connectivity index (χ2n) is 2.56. The summed E-state index contributed by atoms with van der Waals surface area (Å²) in [6.45, 7) is 3.95. The van der Waals surface area contributed by atoms with E-state index in [-0.39, 0.29) is 6.61 Å². The normalized spacial score (nSPS) is 9.83. The summed E-state index contributed by atoms with van der Waals surface area (Å²) < 4.78 is 0. The second-order valence-corrected chi connectivity index (χ2v) is 2.96. The molecule has 0 saturated heterocycles. The summed E-state index contributed by atoms with van der Waals surface area (Å²) in [5.74, 6) is 0.